The van der Waals surface area contributed by atoms with E-state index in [2.05, 4.69) is 10.6 Å². The molecular weight excluding hydrogens is 508 g/mol. The van der Waals surface area contributed by atoms with Crippen molar-refractivity contribution in [1.29, 1.82) is 0 Å². The molecule has 0 unspecified atom stereocenters. The van der Waals surface area contributed by atoms with Crippen LogP contribution in [0, 0.1) is 0 Å². The predicted molar refractivity (Wildman–Crippen MR) is 139 cm³/mol. The average molecular weight is 537 g/mol. The van der Waals surface area contributed by atoms with Gasteiger partial charge in [-0.3, -0.25) is 9.59 Å². The number of nitrogens with one attached hydrogen (secondary N) is 2. The summed E-state index contributed by atoms with van der Waals surface area (Å²) < 4.78 is 31.9. The smallest absolute Gasteiger partial charge is 0.339 e. The fraction of sp³-hybridized carbons (Fsp3) is 0.250. The number of esters is 1. The van der Waals surface area contributed by atoms with Crippen LogP contribution in [-0.4, -0.2) is 51.5 Å². The number of fused-ring (bicyclic) bond motifs is 1. The molecule has 204 valence electrons. The quantitative estimate of drug-likeness (QED) is 0.355. The molecule has 0 aliphatic carbocycles. The van der Waals surface area contributed by atoms with Crippen molar-refractivity contribution < 1.29 is 42.8 Å². The third kappa shape index (κ3) is 7.10. The van der Waals surface area contributed by atoms with E-state index in [-0.39, 0.29) is 42.9 Å². The largest absolute Gasteiger partial charge is 0.497 e. The monoisotopic (exact) mass is 536 g/mol. The lowest BCUT2D eigenvalue weighted by atomic mass is 10.2. The molecule has 4 rings (SSSR count). The first-order chi connectivity index (χ1) is 18.9. The second-order valence-corrected chi connectivity index (χ2v) is 8.38. The van der Waals surface area contributed by atoms with Crippen LogP contribution in [0.25, 0.3) is 0 Å². The lowest BCUT2D eigenvalue weighted by Crippen LogP contribution is -2.35. The Morgan fingerprint density at radius 3 is 2.41 bits per heavy atom. The molecule has 1 heterocycles. The van der Waals surface area contributed by atoms with Gasteiger partial charge in [0.05, 0.1) is 19.8 Å². The lowest BCUT2D eigenvalue weighted by molar-refractivity contribution is -0.129. The number of methoxy groups -OCH3 is 2. The van der Waals surface area contributed by atoms with Gasteiger partial charge in [-0.1, -0.05) is 6.07 Å². The van der Waals surface area contributed by atoms with E-state index in [0.29, 0.717) is 22.9 Å². The molecule has 2 amide bonds. The number of amides is 2. The van der Waals surface area contributed by atoms with Crippen LogP contribution in [0.4, 0.5) is 5.69 Å². The van der Waals surface area contributed by atoms with Crippen molar-refractivity contribution >= 4 is 23.5 Å². The number of rotatable bonds is 11. The number of hydrogen-bond acceptors (Lipinski definition) is 9. The summed E-state index contributed by atoms with van der Waals surface area (Å²) in [6, 6.07) is 16.6. The SMILES string of the molecule is COc1ccc(NC(=O)COc2ccc(C(=O)O[C@@H](C)C(=O)NCc3ccc4c(c3)OCO4)cc2OC)cc1. The standard InChI is InChI=1S/C28H28N2O9/c1-17(27(32)29-14-18-4-10-23-25(12-18)38-16-37-23)39-28(33)19-5-11-22(24(13-19)35-3)36-15-26(31)30-20-6-8-21(34-2)9-7-20/h4-13,17H,14-16H2,1-3H3,(H,29,32)(H,30,31)/t17-/m0/s1. The van der Waals surface area contributed by atoms with Crippen LogP contribution >= 0.6 is 0 Å². The summed E-state index contributed by atoms with van der Waals surface area (Å²) in [5.74, 6) is 0.848. The molecule has 0 aromatic heterocycles. The summed E-state index contributed by atoms with van der Waals surface area (Å²) in [4.78, 5) is 37.4. The molecule has 2 N–H and O–H groups in total. The van der Waals surface area contributed by atoms with E-state index < -0.39 is 18.0 Å². The van der Waals surface area contributed by atoms with E-state index >= 15 is 0 Å². The van der Waals surface area contributed by atoms with Gasteiger partial charge in [-0.25, -0.2) is 4.79 Å². The molecule has 3 aromatic rings. The van der Waals surface area contributed by atoms with Gasteiger partial charge in [0.25, 0.3) is 11.8 Å². The van der Waals surface area contributed by atoms with Gasteiger partial charge in [0.2, 0.25) is 6.79 Å². The highest BCUT2D eigenvalue weighted by Gasteiger charge is 2.21. The minimum absolute atomic E-state index is 0.150. The minimum Gasteiger partial charge on any atom is -0.497 e. The molecule has 0 saturated carbocycles. The summed E-state index contributed by atoms with van der Waals surface area (Å²) in [5.41, 5.74) is 1.55. The van der Waals surface area contributed by atoms with Gasteiger partial charge in [-0.2, -0.15) is 0 Å². The maximum atomic E-state index is 12.7. The summed E-state index contributed by atoms with van der Waals surface area (Å²) in [5, 5.41) is 5.44. The predicted octanol–water partition coefficient (Wildman–Crippen LogP) is 3.31. The number of ether oxygens (including phenoxy) is 6. The molecule has 11 nitrogen and oxygen atoms in total. The molecule has 0 fully saturated rings. The molecule has 39 heavy (non-hydrogen) atoms. The molecule has 0 spiro atoms. The Kier molecular flexibility index (Phi) is 8.72. The third-order valence-electron chi connectivity index (χ3n) is 5.69. The van der Waals surface area contributed by atoms with E-state index in [1.165, 1.54) is 32.2 Å². The summed E-state index contributed by atoms with van der Waals surface area (Å²) in [7, 11) is 2.96. The minimum atomic E-state index is -1.05. The maximum Gasteiger partial charge on any atom is 0.339 e. The zero-order valence-electron chi connectivity index (χ0n) is 21.6. The number of hydrogen-bond donors (Lipinski definition) is 2. The Labute approximate surface area is 224 Å². The van der Waals surface area contributed by atoms with Gasteiger partial charge >= 0.3 is 5.97 Å². The molecule has 1 aliphatic heterocycles. The highest BCUT2D eigenvalue weighted by Crippen LogP contribution is 2.32. The fourth-order valence-electron chi connectivity index (χ4n) is 3.59. The van der Waals surface area contributed by atoms with E-state index in [1.54, 1.807) is 43.5 Å². The second kappa shape index (κ2) is 12.5. The maximum absolute atomic E-state index is 12.7. The Morgan fingerprint density at radius 1 is 0.897 bits per heavy atom. The summed E-state index contributed by atoms with van der Waals surface area (Å²) >= 11 is 0. The Hall–Kier alpha value is -4.93. The number of carbonyl (C=O) groups is 3. The Bertz CT molecular complexity index is 1340. The van der Waals surface area contributed by atoms with Crippen LogP contribution < -0.4 is 34.3 Å². The first kappa shape index (κ1) is 27.1. The first-order valence-corrected chi connectivity index (χ1v) is 12.0. The highest BCUT2D eigenvalue weighted by molar-refractivity contribution is 5.93. The second-order valence-electron chi connectivity index (χ2n) is 8.38. The summed E-state index contributed by atoms with van der Waals surface area (Å²) in [6.07, 6.45) is -1.05. The fourth-order valence-corrected chi connectivity index (χ4v) is 3.59. The number of anilines is 1. The van der Waals surface area contributed by atoms with Gasteiger partial charge in [0, 0.05) is 12.2 Å². The van der Waals surface area contributed by atoms with Gasteiger partial charge in [-0.05, 0) is 67.1 Å². The Morgan fingerprint density at radius 2 is 1.67 bits per heavy atom. The van der Waals surface area contributed by atoms with Crippen molar-refractivity contribution in [3.8, 4) is 28.7 Å². The topological polar surface area (TPSA) is 131 Å². The number of carbonyl (C=O) groups excluding carboxylic acids is 3. The van der Waals surface area contributed by atoms with Crippen LogP contribution in [0.15, 0.2) is 60.7 Å². The zero-order chi connectivity index (χ0) is 27.8. The van der Waals surface area contributed by atoms with Crippen LogP contribution in [0.3, 0.4) is 0 Å². The number of benzene rings is 3. The van der Waals surface area contributed by atoms with Crippen molar-refractivity contribution in [3.05, 3.63) is 71.8 Å². The van der Waals surface area contributed by atoms with Crippen LogP contribution in [-0.2, 0) is 20.9 Å². The Balaban J connectivity index is 1.27. The normalized spacial score (nSPS) is 12.2. The zero-order valence-corrected chi connectivity index (χ0v) is 21.6. The third-order valence-corrected chi connectivity index (χ3v) is 5.69. The highest BCUT2D eigenvalue weighted by atomic mass is 16.7. The van der Waals surface area contributed by atoms with E-state index in [0.717, 1.165) is 5.56 Å². The average Bonchev–Trinajstić information content (AvgIpc) is 3.43. The molecule has 0 saturated heterocycles. The van der Waals surface area contributed by atoms with E-state index in [1.807, 2.05) is 6.07 Å². The summed E-state index contributed by atoms with van der Waals surface area (Å²) in [6.45, 7) is 1.58. The first-order valence-electron chi connectivity index (χ1n) is 12.0. The van der Waals surface area contributed by atoms with Crippen molar-refractivity contribution in [2.45, 2.75) is 19.6 Å². The van der Waals surface area contributed by atoms with Crippen LogP contribution in [0.5, 0.6) is 28.7 Å². The van der Waals surface area contributed by atoms with E-state index in [4.69, 9.17) is 28.4 Å². The molecule has 11 heteroatoms. The van der Waals surface area contributed by atoms with Gasteiger partial charge in [-0.15, -0.1) is 0 Å². The van der Waals surface area contributed by atoms with Crippen molar-refractivity contribution in [1.82, 2.24) is 5.32 Å². The van der Waals surface area contributed by atoms with Crippen molar-refractivity contribution in [2.75, 3.05) is 32.9 Å². The van der Waals surface area contributed by atoms with Crippen LogP contribution in [0.1, 0.15) is 22.8 Å². The molecule has 1 atom stereocenters. The molecular formula is C28H28N2O9. The lowest BCUT2D eigenvalue weighted by Gasteiger charge is -2.15. The molecule has 3 aromatic carbocycles. The molecule has 1 aliphatic rings. The molecule has 0 radical (unpaired) electrons. The van der Waals surface area contributed by atoms with Gasteiger partial charge in [0.1, 0.15) is 5.75 Å². The van der Waals surface area contributed by atoms with Gasteiger partial charge in [0.15, 0.2) is 35.7 Å². The molecule has 0 bridgehead atoms. The van der Waals surface area contributed by atoms with Crippen molar-refractivity contribution in [2.24, 2.45) is 0 Å². The van der Waals surface area contributed by atoms with Crippen molar-refractivity contribution in [3.63, 3.8) is 0 Å². The van der Waals surface area contributed by atoms with Crippen LogP contribution in [0.2, 0.25) is 0 Å². The van der Waals surface area contributed by atoms with E-state index in [9.17, 15) is 14.4 Å². The van der Waals surface area contributed by atoms with Gasteiger partial charge < -0.3 is 39.1 Å².